The fourth-order valence-corrected chi connectivity index (χ4v) is 1.10. The van der Waals surface area contributed by atoms with Gasteiger partial charge in [0.2, 0.25) is 0 Å². The summed E-state index contributed by atoms with van der Waals surface area (Å²) < 4.78 is 1.91. The molecule has 3 nitrogen and oxygen atoms in total. The Hall–Kier alpha value is -1.38. The number of hydrogen-bond donors (Lipinski definition) is 0. The molecule has 0 radical (unpaired) electrons. The maximum absolute atomic E-state index is 10.7. The molecule has 0 aromatic carbocycles. The zero-order valence-corrected chi connectivity index (χ0v) is 7.69. The minimum Gasteiger partial charge on any atom is -0.354 e. The van der Waals surface area contributed by atoms with Crippen molar-refractivity contribution in [1.29, 1.82) is 0 Å². The van der Waals surface area contributed by atoms with Gasteiger partial charge >= 0.3 is 0 Å². The van der Waals surface area contributed by atoms with Crippen LogP contribution >= 0.6 is 0 Å². The number of ketones is 1. The summed E-state index contributed by atoms with van der Waals surface area (Å²) in [7, 11) is 0. The van der Waals surface area contributed by atoms with Crippen LogP contribution in [-0.2, 0) is 11.3 Å². The van der Waals surface area contributed by atoms with Crippen LogP contribution < -0.4 is 5.43 Å². The molecule has 0 unspecified atom stereocenters. The van der Waals surface area contributed by atoms with Gasteiger partial charge in [0.15, 0.2) is 5.43 Å². The van der Waals surface area contributed by atoms with E-state index in [1.807, 2.05) is 4.57 Å². The fraction of sp³-hybridized carbons (Fsp3) is 0.400. The summed E-state index contributed by atoms with van der Waals surface area (Å²) in [6, 6.07) is 3.04. The lowest BCUT2D eigenvalue weighted by molar-refractivity contribution is -0.117. The molecule has 0 saturated heterocycles. The monoisotopic (exact) mass is 179 g/mol. The van der Waals surface area contributed by atoms with Crippen molar-refractivity contribution in [3.63, 3.8) is 0 Å². The fourth-order valence-electron chi connectivity index (χ4n) is 1.10. The molecule has 0 atom stereocenters. The second-order valence-electron chi connectivity index (χ2n) is 3.08. The maximum atomic E-state index is 10.7. The molecule has 1 aromatic heterocycles. The van der Waals surface area contributed by atoms with Crippen LogP contribution in [-0.4, -0.2) is 10.4 Å². The molecule has 0 saturated carbocycles. The van der Waals surface area contributed by atoms with Crippen LogP contribution in [0.1, 0.15) is 19.8 Å². The first-order valence-electron chi connectivity index (χ1n) is 4.34. The molecule has 1 aromatic rings. The Labute approximate surface area is 77.0 Å². The Morgan fingerprint density at radius 1 is 1.38 bits per heavy atom. The zero-order valence-electron chi connectivity index (χ0n) is 7.69. The molecule has 0 amide bonds. The highest BCUT2D eigenvalue weighted by Crippen LogP contribution is 1.94. The second-order valence-corrected chi connectivity index (χ2v) is 3.08. The Kier molecular flexibility index (Phi) is 3.43. The van der Waals surface area contributed by atoms with E-state index in [2.05, 4.69) is 0 Å². The molecule has 0 fully saturated rings. The molecule has 3 heteroatoms. The van der Waals surface area contributed by atoms with Crippen LogP contribution in [0.5, 0.6) is 0 Å². The summed E-state index contributed by atoms with van der Waals surface area (Å²) >= 11 is 0. The summed E-state index contributed by atoms with van der Waals surface area (Å²) in [5.74, 6) is 0.209. The lowest BCUT2D eigenvalue weighted by Gasteiger charge is -2.03. The van der Waals surface area contributed by atoms with Crippen LogP contribution in [0.3, 0.4) is 0 Å². The number of pyridine rings is 1. The van der Waals surface area contributed by atoms with Gasteiger partial charge in [-0.3, -0.25) is 4.79 Å². The van der Waals surface area contributed by atoms with Crippen molar-refractivity contribution < 1.29 is 4.79 Å². The number of nitrogens with zero attached hydrogens (tertiary/aromatic N) is 1. The first-order chi connectivity index (χ1) is 6.18. The smallest absolute Gasteiger partial charge is 0.181 e. The normalized spacial score (nSPS) is 9.92. The number of aromatic nitrogens is 1. The predicted octanol–water partition coefficient (Wildman–Crippen LogP) is 1.22. The summed E-state index contributed by atoms with van der Waals surface area (Å²) in [4.78, 5) is 21.4. The Balaban J connectivity index is 2.41. The van der Waals surface area contributed by atoms with E-state index >= 15 is 0 Å². The number of carbonyl (C=O) groups is 1. The average Bonchev–Trinajstić information content (AvgIpc) is 2.08. The van der Waals surface area contributed by atoms with Gasteiger partial charge in [-0.05, 0) is 13.3 Å². The Morgan fingerprint density at radius 3 is 2.54 bits per heavy atom. The number of aryl methyl sites for hydroxylation is 1. The highest BCUT2D eigenvalue weighted by atomic mass is 16.1. The third-order valence-electron chi connectivity index (χ3n) is 1.81. The van der Waals surface area contributed by atoms with Crippen molar-refractivity contribution in [1.82, 2.24) is 4.57 Å². The molecule has 0 spiro atoms. The molecular weight excluding hydrogens is 166 g/mol. The molecule has 0 N–H and O–H groups in total. The third kappa shape index (κ3) is 3.69. The van der Waals surface area contributed by atoms with E-state index in [1.165, 1.54) is 12.1 Å². The number of rotatable bonds is 4. The van der Waals surface area contributed by atoms with E-state index in [4.69, 9.17) is 0 Å². The van der Waals surface area contributed by atoms with Crippen molar-refractivity contribution in [3.8, 4) is 0 Å². The summed E-state index contributed by atoms with van der Waals surface area (Å²) in [6.45, 7) is 2.38. The average molecular weight is 179 g/mol. The highest BCUT2D eigenvalue weighted by Gasteiger charge is 1.93. The minimum absolute atomic E-state index is 0.0165. The largest absolute Gasteiger partial charge is 0.354 e. The Bertz CT molecular complexity index is 321. The maximum Gasteiger partial charge on any atom is 0.181 e. The van der Waals surface area contributed by atoms with Crippen LogP contribution in [0.4, 0.5) is 0 Å². The summed E-state index contributed by atoms with van der Waals surface area (Å²) in [5.41, 5.74) is 0.0165. The van der Waals surface area contributed by atoms with Gasteiger partial charge in [0.1, 0.15) is 5.78 Å². The van der Waals surface area contributed by atoms with Gasteiger partial charge in [-0.2, -0.15) is 0 Å². The first-order valence-corrected chi connectivity index (χ1v) is 4.34. The SMILES string of the molecule is CC(=O)CCCn1ccc(=O)cc1. The van der Waals surface area contributed by atoms with Crippen LogP contribution in [0.15, 0.2) is 29.3 Å². The molecule has 70 valence electrons. The lowest BCUT2D eigenvalue weighted by atomic mass is 10.2. The zero-order chi connectivity index (χ0) is 9.68. The van der Waals surface area contributed by atoms with Crippen molar-refractivity contribution in [2.45, 2.75) is 26.3 Å². The van der Waals surface area contributed by atoms with Crippen LogP contribution in [0, 0.1) is 0 Å². The molecule has 1 rings (SSSR count). The number of Topliss-reactive ketones (excluding diaryl/α,β-unsaturated/α-hetero) is 1. The minimum atomic E-state index is 0.0165. The van der Waals surface area contributed by atoms with Gasteiger partial charge in [-0.15, -0.1) is 0 Å². The molecule has 0 aliphatic rings. The topological polar surface area (TPSA) is 39.1 Å². The van der Waals surface area contributed by atoms with Gasteiger partial charge in [-0.1, -0.05) is 0 Å². The molecular formula is C10H13NO2. The first kappa shape index (κ1) is 9.71. The van der Waals surface area contributed by atoms with E-state index in [1.54, 1.807) is 19.3 Å². The molecule has 0 aliphatic heterocycles. The molecule has 13 heavy (non-hydrogen) atoms. The predicted molar refractivity (Wildman–Crippen MR) is 50.6 cm³/mol. The molecule has 0 bridgehead atoms. The van der Waals surface area contributed by atoms with E-state index in [0.29, 0.717) is 6.42 Å². The van der Waals surface area contributed by atoms with Gasteiger partial charge in [-0.25, -0.2) is 0 Å². The van der Waals surface area contributed by atoms with Crippen LogP contribution in [0.25, 0.3) is 0 Å². The van der Waals surface area contributed by atoms with E-state index < -0.39 is 0 Å². The number of hydrogen-bond acceptors (Lipinski definition) is 2. The van der Waals surface area contributed by atoms with Crippen LogP contribution in [0.2, 0.25) is 0 Å². The third-order valence-corrected chi connectivity index (χ3v) is 1.81. The Morgan fingerprint density at radius 2 is 2.00 bits per heavy atom. The van der Waals surface area contributed by atoms with Crippen molar-refractivity contribution in [3.05, 3.63) is 34.7 Å². The van der Waals surface area contributed by atoms with Crippen molar-refractivity contribution in [2.75, 3.05) is 0 Å². The summed E-state index contributed by atoms with van der Waals surface area (Å²) in [6.07, 6.45) is 4.91. The van der Waals surface area contributed by atoms with E-state index in [-0.39, 0.29) is 11.2 Å². The lowest BCUT2D eigenvalue weighted by Crippen LogP contribution is -2.04. The molecule has 0 aliphatic carbocycles. The van der Waals surface area contributed by atoms with E-state index in [0.717, 1.165) is 13.0 Å². The van der Waals surface area contributed by atoms with Gasteiger partial charge < -0.3 is 9.36 Å². The van der Waals surface area contributed by atoms with Gasteiger partial charge in [0.05, 0.1) is 0 Å². The van der Waals surface area contributed by atoms with Crippen molar-refractivity contribution in [2.24, 2.45) is 0 Å². The van der Waals surface area contributed by atoms with Gasteiger partial charge in [0, 0.05) is 37.5 Å². The van der Waals surface area contributed by atoms with Gasteiger partial charge in [0.25, 0.3) is 0 Å². The summed E-state index contributed by atoms with van der Waals surface area (Å²) in [5, 5.41) is 0. The molecule has 1 heterocycles. The highest BCUT2D eigenvalue weighted by molar-refractivity contribution is 5.75. The number of carbonyl (C=O) groups excluding carboxylic acids is 1. The quantitative estimate of drug-likeness (QED) is 0.697. The second kappa shape index (κ2) is 4.60. The standard InChI is InChI=1S/C10H13NO2/c1-9(12)3-2-6-11-7-4-10(13)5-8-11/h4-5,7-8H,2-3,6H2,1H3. The van der Waals surface area contributed by atoms with Crippen molar-refractivity contribution >= 4 is 5.78 Å². The van der Waals surface area contributed by atoms with E-state index in [9.17, 15) is 9.59 Å².